The second-order valence-electron chi connectivity index (χ2n) is 10.5. The molecule has 0 fully saturated rings. The van der Waals surface area contributed by atoms with Gasteiger partial charge in [0.05, 0.1) is 32.8 Å². The lowest BCUT2D eigenvalue weighted by Crippen LogP contribution is -2.27. The smallest absolute Gasteiger partial charge is 0.0927 e. The predicted molar refractivity (Wildman–Crippen MR) is 180 cm³/mol. The Morgan fingerprint density at radius 1 is 0.462 bits per heavy atom. The molecule has 0 unspecified atom stereocenters. The highest BCUT2D eigenvalue weighted by atomic mass is 32.1. The maximum absolute atomic E-state index is 2.52. The third-order valence-electron chi connectivity index (χ3n) is 7.58. The monoisotopic (exact) mass is 608 g/mol. The van der Waals surface area contributed by atoms with Crippen molar-refractivity contribution in [2.45, 2.75) is 31.6 Å². The fourth-order valence-electron chi connectivity index (χ4n) is 5.71. The van der Waals surface area contributed by atoms with E-state index in [1.165, 1.54) is 51.5 Å². The van der Waals surface area contributed by atoms with Gasteiger partial charge in [-0.05, 0) is 55.5 Å². The Kier molecular flexibility index (Phi) is 6.53. The van der Waals surface area contributed by atoms with Gasteiger partial charge in [0.25, 0.3) is 0 Å². The van der Waals surface area contributed by atoms with Crippen LogP contribution in [0, 0.1) is 0 Å². The molecule has 4 aromatic heterocycles. The Hall–Kier alpha value is -2.33. The lowest BCUT2D eigenvalue weighted by molar-refractivity contribution is 0.772. The third-order valence-corrected chi connectivity index (χ3v) is 17.6. The Morgan fingerprint density at radius 2 is 0.872 bits per heavy atom. The zero-order chi connectivity index (χ0) is 26.7. The van der Waals surface area contributed by atoms with E-state index in [0.717, 1.165) is 0 Å². The summed E-state index contributed by atoms with van der Waals surface area (Å²) in [7, 11) is -0.904. The minimum atomic E-state index is -0.452. The summed E-state index contributed by atoms with van der Waals surface area (Å²) in [6.45, 7) is 9.56. The highest BCUT2D eigenvalue weighted by Gasteiger charge is 2.49. The van der Waals surface area contributed by atoms with Gasteiger partial charge in [-0.3, -0.25) is 0 Å². The first-order valence-electron chi connectivity index (χ1n) is 13.2. The van der Waals surface area contributed by atoms with Crippen molar-refractivity contribution in [1.29, 1.82) is 0 Å². The van der Waals surface area contributed by atoms with Crippen LogP contribution in [-0.4, -0.2) is 17.6 Å². The van der Waals surface area contributed by atoms with E-state index in [4.69, 9.17) is 0 Å². The van der Waals surface area contributed by atoms with Gasteiger partial charge in [-0.1, -0.05) is 99.0 Å². The van der Waals surface area contributed by atoms with E-state index in [-0.39, 0.29) is 5.41 Å². The van der Waals surface area contributed by atoms with Crippen LogP contribution in [0.2, 0.25) is 26.2 Å². The van der Waals surface area contributed by atoms with Crippen molar-refractivity contribution in [3.8, 4) is 29.3 Å². The zero-order valence-corrected chi connectivity index (χ0v) is 27.6. The van der Waals surface area contributed by atoms with Crippen LogP contribution in [0.3, 0.4) is 0 Å². The average Bonchev–Trinajstić information content (AvgIpc) is 3.76. The SMILES string of the molecule is C[Si](C)c1ccc(-c2cc3c(s2)-c2sc(-c4ccc([Si](C)C)s4)cc2C3(c2ccccc2)c2ccccc2)s1. The zero-order valence-electron chi connectivity index (χ0n) is 22.4. The molecule has 0 saturated carbocycles. The molecule has 0 aliphatic heterocycles. The molecule has 1 aliphatic carbocycles. The van der Waals surface area contributed by atoms with Crippen LogP contribution < -0.4 is 9.00 Å². The molecule has 6 aromatic rings. The summed E-state index contributed by atoms with van der Waals surface area (Å²) in [5.41, 5.74) is 5.28. The van der Waals surface area contributed by atoms with E-state index < -0.39 is 17.6 Å². The van der Waals surface area contributed by atoms with Gasteiger partial charge >= 0.3 is 0 Å². The molecule has 39 heavy (non-hydrogen) atoms. The fourth-order valence-corrected chi connectivity index (χ4v) is 13.1. The van der Waals surface area contributed by atoms with Crippen LogP contribution in [0.5, 0.6) is 0 Å². The first-order chi connectivity index (χ1) is 19.0. The first kappa shape index (κ1) is 25.6. The van der Waals surface area contributed by atoms with Crippen molar-refractivity contribution in [3.05, 3.63) is 119 Å². The molecule has 0 bridgehead atoms. The first-order valence-corrected chi connectivity index (χ1v) is 21.4. The molecule has 6 heteroatoms. The molecule has 2 aromatic carbocycles. The van der Waals surface area contributed by atoms with Gasteiger partial charge < -0.3 is 0 Å². The van der Waals surface area contributed by atoms with Gasteiger partial charge in [0.2, 0.25) is 0 Å². The van der Waals surface area contributed by atoms with E-state index in [1.807, 2.05) is 45.3 Å². The van der Waals surface area contributed by atoms with Crippen molar-refractivity contribution in [2.75, 3.05) is 0 Å². The molecule has 0 saturated heterocycles. The lowest BCUT2D eigenvalue weighted by Gasteiger charge is -2.32. The number of hydrogen-bond acceptors (Lipinski definition) is 4. The topological polar surface area (TPSA) is 0 Å². The number of rotatable bonds is 6. The van der Waals surface area contributed by atoms with Crippen LogP contribution >= 0.6 is 45.3 Å². The van der Waals surface area contributed by atoms with Crippen molar-refractivity contribution in [3.63, 3.8) is 0 Å². The average molecular weight is 609 g/mol. The van der Waals surface area contributed by atoms with Crippen molar-refractivity contribution in [1.82, 2.24) is 0 Å². The van der Waals surface area contributed by atoms with Gasteiger partial charge in [0.1, 0.15) is 0 Å². The second-order valence-corrected chi connectivity index (χ2v) is 20.6. The van der Waals surface area contributed by atoms with Crippen LogP contribution in [0.1, 0.15) is 22.3 Å². The number of benzene rings is 2. The molecule has 0 amide bonds. The van der Waals surface area contributed by atoms with Gasteiger partial charge in [0.15, 0.2) is 0 Å². The van der Waals surface area contributed by atoms with Gasteiger partial charge in [-0.15, -0.1) is 45.3 Å². The molecule has 4 heterocycles. The summed E-state index contributed by atoms with van der Waals surface area (Å²) in [5.74, 6) is 0. The molecular formula is C33H28S4Si2. The Balaban J connectivity index is 1.51. The van der Waals surface area contributed by atoms with Crippen LogP contribution in [0.25, 0.3) is 29.3 Å². The quantitative estimate of drug-likeness (QED) is 0.165. The Labute approximate surface area is 250 Å². The van der Waals surface area contributed by atoms with Crippen molar-refractivity contribution in [2.24, 2.45) is 0 Å². The largest absolute Gasteiger partial charge is 0.144 e. The molecule has 2 radical (unpaired) electrons. The van der Waals surface area contributed by atoms with Gasteiger partial charge in [-0.2, -0.15) is 0 Å². The van der Waals surface area contributed by atoms with Crippen molar-refractivity contribution < 1.29 is 0 Å². The van der Waals surface area contributed by atoms with E-state index in [1.54, 1.807) is 9.00 Å². The maximum atomic E-state index is 2.52. The van der Waals surface area contributed by atoms with Crippen LogP contribution in [0.15, 0.2) is 97.1 Å². The molecule has 1 aliphatic rings. The minimum Gasteiger partial charge on any atom is -0.144 e. The number of thiophene rings is 4. The highest BCUT2D eigenvalue weighted by molar-refractivity contribution is 7.32. The third kappa shape index (κ3) is 4.07. The summed E-state index contributed by atoms with van der Waals surface area (Å²) >= 11 is 7.98. The standard InChI is InChI=1S/C33H28S4Si2/c1-38(2)29-17-15-25(34-29)27-19-23-31(36-27)32-24(20-28(37-32)26-16-18-30(35-26)39(3)4)33(23,21-11-7-5-8-12-21)22-13-9-6-10-14-22/h5-20H,1-4H3. The molecule has 0 spiro atoms. The van der Waals surface area contributed by atoms with Crippen LogP contribution in [0.4, 0.5) is 0 Å². The molecule has 0 nitrogen and oxygen atoms in total. The lowest BCUT2D eigenvalue weighted by atomic mass is 9.68. The molecule has 7 rings (SSSR count). The van der Waals surface area contributed by atoms with Crippen LogP contribution in [-0.2, 0) is 5.41 Å². The highest BCUT2D eigenvalue weighted by Crippen LogP contribution is 2.63. The summed E-state index contributed by atoms with van der Waals surface area (Å²) in [6.07, 6.45) is 0. The number of hydrogen-bond donors (Lipinski definition) is 0. The maximum Gasteiger partial charge on any atom is 0.0927 e. The molecule has 192 valence electrons. The summed E-state index contributed by atoms with van der Waals surface area (Å²) in [5, 5.41) is 0. The molecule has 0 N–H and O–H groups in total. The van der Waals surface area contributed by atoms with E-state index >= 15 is 0 Å². The van der Waals surface area contributed by atoms with Gasteiger partial charge in [0, 0.05) is 19.5 Å². The van der Waals surface area contributed by atoms with E-state index in [9.17, 15) is 0 Å². The predicted octanol–water partition coefficient (Wildman–Crippen LogP) is 9.55. The minimum absolute atomic E-state index is 0.314. The second kappa shape index (κ2) is 9.94. The normalized spacial score (nSPS) is 13.8. The molecular weight excluding hydrogens is 581 g/mol. The van der Waals surface area contributed by atoms with E-state index in [2.05, 4.69) is 123 Å². The van der Waals surface area contributed by atoms with Gasteiger partial charge in [-0.25, -0.2) is 0 Å². The Bertz CT molecular complexity index is 1630. The molecule has 0 atom stereocenters. The summed E-state index contributed by atoms with van der Waals surface area (Å²) in [6, 6.07) is 36.9. The van der Waals surface area contributed by atoms with Crippen molar-refractivity contribution >= 4 is 71.9 Å². The van der Waals surface area contributed by atoms with E-state index in [0.29, 0.717) is 0 Å². The summed E-state index contributed by atoms with van der Waals surface area (Å²) < 4.78 is 3.11. The number of fused-ring (bicyclic) bond motifs is 3. The summed E-state index contributed by atoms with van der Waals surface area (Å²) in [4.78, 5) is 8.52. The Morgan fingerprint density at radius 3 is 1.23 bits per heavy atom. The fraction of sp³-hybridized carbons (Fsp3) is 0.152.